The first-order chi connectivity index (χ1) is 15.4. The maximum Gasteiger partial charge on any atom is 0.254 e. The fourth-order valence-corrected chi connectivity index (χ4v) is 3.20. The molecule has 0 aliphatic carbocycles. The minimum absolute atomic E-state index is 0.274. The standard InChI is InChI=1S/C23H25ClF2N4O3/c1-13(29-22(33)20(31)14-9-17(25)12-18(26)10-14)21(32)28-8-7-19(30-27)23(2,3)15-5-4-6-16(24)11-15/h4-13,20,31H,27H2,1-3H3,(H,28,32)(H,29,33)/b8-7+,30-19+/t13-,20-/m0/s1. The van der Waals surface area contributed by atoms with Crippen LogP contribution in [0.25, 0.3) is 0 Å². The van der Waals surface area contributed by atoms with Crippen molar-refractivity contribution in [1.29, 1.82) is 0 Å². The number of nitrogens with one attached hydrogen (secondary N) is 2. The van der Waals surface area contributed by atoms with Gasteiger partial charge in [0.15, 0.2) is 6.10 Å². The van der Waals surface area contributed by atoms with Gasteiger partial charge in [-0.25, -0.2) is 8.78 Å². The average molecular weight is 479 g/mol. The van der Waals surface area contributed by atoms with Crippen molar-refractivity contribution in [3.8, 4) is 0 Å². The van der Waals surface area contributed by atoms with E-state index in [0.29, 0.717) is 16.8 Å². The quantitative estimate of drug-likeness (QED) is 0.265. The maximum atomic E-state index is 13.3. The molecule has 10 heteroatoms. The molecule has 2 aromatic rings. The molecule has 176 valence electrons. The summed E-state index contributed by atoms with van der Waals surface area (Å²) in [5.74, 6) is 2.07. The number of hydrazone groups is 1. The van der Waals surface area contributed by atoms with Gasteiger partial charge in [0, 0.05) is 22.7 Å². The number of rotatable bonds is 8. The van der Waals surface area contributed by atoms with E-state index >= 15 is 0 Å². The van der Waals surface area contributed by atoms with E-state index in [2.05, 4.69) is 15.7 Å². The Bertz CT molecular complexity index is 1070. The van der Waals surface area contributed by atoms with Crippen LogP contribution >= 0.6 is 11.6 Å². The number of allylic oxidation sites excluding steroid dienone is 1. The Labute approximate surface area is 195 Å². The first-order valence-electron chi connectivity index (χ1n) is 9.91. The summed E-state index contributed by atoms with van der Waals surface area (Å²) in [6, 6.07) is 8.41. The van der Waals surface area contributed by atoms with E-state index in [0.717, 1.165) is 17.7 Å². The molecule has 33 heavy (non-hydrogen) atoms. The summed E-state index contributed by atoms with van der Waals surface area (Å²) in [6.07, 6.45) is 0.981. The molecule has 7 nitrogen and oxygen atoms in total. The number of amides is 2. The number of nitrogens with two attached hydrogens (primary N) is 1. The fourth-order valence-electron chi connectivity index (χ4n) is 3.01. The summed E-state index contributed by atoms with van der Waals surface area (Å²) in [6.45, 7) is 5.15. The van der Waals surface area contributed by atoms with Gasteiger partial charge in [-0.05, 0) is 48.4 Å². The van der Waals surface area contributed by atoms with E-state index in [-0.39, 0.29) is 5.56 Å². The number of carbonyl (C=O) groups excluding carboxylic acids is 2. The van der Waals surface area contributed by atoms with Gasteiger partial charge in [0.2, 0.25) is 5.91 Å². The predicted octanol–water partition coefficient (Wildman–Crippen LogP) is 3.08. The van der Waals surface area contributed by atoms with E-state index in [9.17, 15) is 23.5 Å². The molecule has 0 aliphatic heterocycles. The van der Waals surface area contributed by atoms with E-state index in [1.54, 1.807) is 18.2 Å². The fraction of sp³-hybridized carbons (Fsp3) is 0.261. The molecule has 0 saturated heterocycles. The number of carbonyl (C=O) groups is 2. The van der Waals surface area contributed by atoms with Crippen molar-refractivity contribution in [2.24, 2.45) is 10.9 Å². The van der Waals surface area contributed by atoms with Gasteiger partial charge in [-0.1, -0.05) is 37.6 Å². The van der Waals surface area contributed by atoms with Crippen molar-refractivity contribution in [2.75, 3.05) is 0 Å². The molecule has 0 fully saturated rings. The summed E-state index contributed by atoms with van der Waals surface area (Å²) in [5.41, 5.74) is 0.416. The molecule has 0 unspecified atom stereocenters. The molecule has 0 aliphatic rings. The number of hydrogen-bond donors (Lipinski definition) is 4. The van der Waals surface area contributed by atoms with Gasteiger partial charge in [-0.3, -0.25) is 9.59 Å². The predicted molar refractivity (Wildman–Crippen MR) is 122 cm³/mol. The van der Waals surface area contributed by atoms with Gasteiger partial charge >= 0.3 is 0 Å². The lowest BCUT2D eigenvalue weighted by atomic mass is 9.80. The topological polar surface area (TPSA) is 117 Å². The van der Waals surface area contributed by atoms with Crippen LogP contribution in [0.4, 0.5) is 8.78 Å². The minimum atomic E-state index is -1.85. The van der Waals surface area contributed by atoms with Crippen LogP contribution in [0.1, 0.15) is 38.0 Å². The van der Waals surface area contributed by atoms with Crippen molar-refractivity contribution in [3.63, 3.8) is 0 Å². The van der Waals surface area contributed by atoms with Crippen molar-refractivity contribution in [1.82, 2.24) is 10.6 Å². The number of aliphatic hydroxyl groups is 1. The SMILES string of the molecule is C[C@H](NC(=O)[C@@H](O)c1cc(F)cc(F)c1)C(=O)N/C=C/C(=N\N)C(C)(C)c1cccc(Cl)c1. The average Bonchev–Trinajstić information content (AvgIpc) is 2.75. The monoisotopic (exact) mass is 478 g/mol. The van der Waals surface area contributed by atoms with Crippen LogP contribution in [-0.2, 0) is 15.0 Å². The third kappa shape index (κ3) is 6.84. The molecular formula is C23H25ClF2N4O3. The van der Waals surface area contributed by atoms with Crippen LogP contribution in [-0.4, -0.2) is 28.7 Å². The smallest absolute Gasteiger partial charge is 0.254 e. The Balaban J connectivity index is 2.00. The largest absolute Gasteiger partial charge is 0.378 e. The van der Waals surface area contributed by atoms with Crippen LogP contribution in [0.3, 0.4) is 0 Å². The van der Waals surface area contributed by atoms with Crippen LogP contribution in [0, 0.1) is 11.6 Å². The summed E-state index contributed by atoms with van der Waals surface area (Å²) in [5, 5.41) is 19.2. The summed E-state index contributed by atoms with van der Waals surface area (Å²) in [4.78, 5) is 24.5. The van der Waals surface area contributed by atoms with Crippen LogP contribution < -0.4 is 16.5 Å². The summed E-state index contributed by atoms with van der Waals surface area (Å²) in [7, 11) is 0. The van der Waals surface area contributed by atoms with Gasteiger partial charge in [0.25, 0.3) is 5.91 Å². The molecule has 0 aromatic heterocycles. The second-order valence-corrected chi connectivity index (χ2v) is 8.26. The van der Waals surface area contributed by atoms with Crippen LogP contribution in [0.15, 0.2) is 59.8 Å². The molecule has 0 radical (unpaired) electrons. The summed E-state index contributed by atoms with van der Waals surface area (Å²) >= 11 is 6.06. The molecule has 2 aromatic carbocycles. The van der Waals surface area contributed by atoms with E-state index in [1.165, 1.54) is 19.2 Å². The molecule has 2 amide bonds. The lowest BCUT2D eigenvalue weighted by Gasteiger charge is -2.25. The van der Waals surface area contributed by atoms with E-state index < -0.39 is 41.0 Å². The highest BCUT2D eigenvalue weighted by atomic mass is 35.5. The third-order valence-corrected chi connectivity index (χ3v) is 5.23. The molecule has 0 saturated carbocycles. The minimum Gasteiger partial charge on any atom is -0.378 e. The number of benzene rings is 2. The molecule has 5 N–H and O–H groups in total. The second-order valence-electron chi connectivity index (χ2n) is 7.83. The maximum absolute atomic E-state index is 13.3. The molecule has 2 atom stereocenters. The van der Waals surface area contributed by atoms with Crippen molar-refractivity contribution >= 4 is 29.1 Å². The third-order valence-electron chi connectivity index (χ3n) is 4.99. The van der Waals surface area contributed by atoms with Crippen molar-refractivity contribution in [2.45, 2.75) is 38.3 Å². The molecule has 0 spiro atoms. The lowest BCUT2D eigenvalue weighted by molar-refractivity contribution is -0.133. The Morgan fingerprint density at radius 3 is 2.36 bits per heavy atom. The first-order valence-corrected chi connectivity index (χ1v) is 10.3. The number of aliphatic hydroxyl groups excluding tert-OH is 1. The Morgan fingerprint density at radius 1 is 1.15 bits per heavy atom. The summed E-state index contributed by atoms with van der Waals surface area (Å²) < 4.78 is 26.6. The highest BCUT2D eigenvalue weighted by Gasteiger charge is 2.26. The van der Waals surface area contributed by atoms with Gasteiger partial charge in [-0.15, -0.1) is 0 Å². The van der Waals surface area contributed by atoms with Crippen molar-refractivity contribution in [3.05, 3.63) is 82.5 Å². The van der Waals surface area contributed by atoms with E-state index in [4.69, 9.17) is 17.4 Å². The zero-order valence-corrected chi connectivity index (χ0v) is 19.0. The normalized spacial score (nSPS) is 14.1. The Hall–Kier alpha value is -3.30. The van der Waals surface area contributed by atoms with Gasteiger partial charge < -0.3 is 21.6 Å². The van der Waals surface area contributed by atoms with E-state index in [1.807, 2.05) is 19.9 Å². The number of hydrogen-bond acceptors (Lipinski definition) is 5. The van der Waals surface area contributed by atoms with Gasteiger partial charge in [-0.2, -0.15) is 5.10 Å². The highest BCUT2D eigenvalue weighted by Crippen LogP contribution is 2.27. The zero-order chi connectivity index (χ0) is 24.8. The Morgan fingerprint density at radius 2 is 1.79 bits per heavy atom. The molecule has 0 bridgehead atoms. The second kappa shape index (κ2) is 11.0. The highest BCUT2D eigenvalue weighted by molar-refractivity contribution is 6.30. The molecule has 2 rings (SSSR count). The molecular weight excluding hydrogens is 454 g/mol. The van der Waals surface area contributed by atoms with Crippen molar-refractivity contribution < 1.29 is 23.5 Å². The number of nitrogens with zero attached hydrogens (tertiary/aromatic N) is 1. The van der Waals surface area contributed by atoms with Gasteiger partial charge in [0.1, 0.15) is 17.7 Å². The zero-order valence-electron chi connectivity index (χ0n) is 18.3. The van der Waals surface area contributed by atoms with Gasteiger partial charge in [0.05, 0.1) is 5.71 Å². The lowest BCUT2D eigenvalue weighted by Crippen LogP contribution is -2.45. The first kappa shape index (κ1) is 26.0. The Kier molecular flexibility index (Phi) is 8.67. The van der Waals surface area contributed by atoms with Crippen LogP contribution in [0.5, 0.6) is 0 Å². The number of halogens is 3. The van der Waals surface area contributed by atoms with Crippen LogP contribution in [0.2, 0.25) is 5.02 Å². The molecule has 0 heterocycles.